The molecule has 27 heavy (non-hydrogen) atoms. The zero-order valence-electron chi connectivity index (χ0n) is 14.5. The number of carbonyl (C=O) groups is 1. The van der Waals surface area contributed by atoms with Gasteiger partial charge in [0.1, 0.15) is 0 Å². The van der Waals surface area contributed by atoms with Gasteiger partial charge in [0.25, 0.3) is 0 Å². The van der Waals surface area contributed by atoms with Crippen molar-refractivity contribution in [3.63, 3.8) is 0 Å². The number of ether oxygens (including phenoxy) is 2. The summed E-state index contributed by atoms with van der Waals surface area (Å²) in [5.41, 5.74) is 1.80. The molecule has 3 aromatic rings. The Hall–Kier alpha value is -3.00. The third-order valence-electron chi connectivity index (χ3n) is 3.61. The number of nitrogens with one attached hydrogen (secondary N) is 1. The van der Waals surface area contributed by atoms with E-state index in [1.165, 1.54) is 36.7 Å². The highest BCUT2D eigenvalue weighted by Crippen LogP contribution is 2.33. The van der Waals surface area contributed by atoms with Gasteiger partial charge >= 0.3 is 6.61 Å². The van der Waals surface area contributed by atoms with Crippen LogP contribution in [0.15, 0.2) is 42.5 Å². The molecule has 0 saturated carbocycles. The van der Waals surface area contributed by atoms with Crippen LogP contribution in [0, 0.1) is 6.92 Å². The molecule has 140 valence electrons. The maximum Gasteiger partial charge on any atom is 0.387 e. The lowest BCUT2D eigenvalue weighted by molar-refractivity contribution is -0.111. The number of anilines is 1. The number of aryl methyl sites for hydroxylation is 1. The van der Waals surface area contributed by atoms with Gasteiger partial charge in [0.15, 0.2) is 11.5 Å². The topological polar surface area (TPSA) is 60.5 Å². The number of hydrogen-bond acceptors (Lipinski definition) is 5. The van der Waals surface area contributed by atoms with Crippen molar-refractivity contribution in [1.29, 1.82) is 0 Å². The number of para-hydroxylation sites is 1. The fraction of sp³-hybridized carbons (Fsp3) is 0.158. The van der Waals surface area contributed by atoms with E-state index >= 15 is 0 Å². The van der Waals surface area contributed by atoms with Gasteiger partial charge in [-0.3, -0.25) is 4.79 Å². The minimum atomic E-state index is -3.00. The molecule has 1 aromatic heterocycles. The number of carbonyl (C=O) groups excluding carboxylic acids is 1. The lowest BCUT2D eigenvalue weighted by Gasteiger charge is -2.12. The first-order valence-corrected chi connectivity index (χ1v) is 8.76. The predicted molar refractivity (Wildman–Crippen MR) is 102 cm³/mol. The van der Waals surface area contributed by atoms with E-state index in [1.54, 1.807) is 18.2 Å². The Morgan fingerprint density at radius 3 is 2.85 bits per heavy atom. The van der Waals surface area contributed by atoms with Crippen LogP contribution < -0.4 is 14.8 Å². The van der Waals surface area contributed by atoms with Crippen molar-refractivity contribution in [2.45, 2.75) is 13.5 Å². The number of aromatic nitrogens is 1. The molecule has 2 aromatic carbocycles. The number of alkyl halides is 2. The number of fused-ring (bicyclic) bond motifs is 1. The van der Waals surface area contributed by atoms with Crippen LogP contribution in [0.5, 0.6) is 11.5 Å². The van der Waals surface area contributed by atoms with Gasteiger partial charge in [0.05, 0.1) is 22.3 Å². The van der Waals surface area contributed by atoms with E-state index < -0.39 is 12.5 Å². The molecular formula is C19H16F2N2O3S. The number of methoxy groups -OCH3 is 1. The molecule has 8 heteroatoms. The molecule has 0 saturated heterocycles. The Morgan fingerprint density at radius 1 is 1.30 bits per heavy atom. The first-order valence-electron chi connectivity index (χ1n) is 7.94. The molecule has 0 aliphatic carbocycles. The summed E-state index contributed by atoms with van der Waals surface area (Å²) in [6.07, 6.45) is 2.64. The van der Waals surface area contributed by atoms with Crippen LogP contribution in [0.2, 0.25) is 0 Å². The highest BCUT2D eigenvalue weighted by molar-refractivity contribution is 7.18. The SMILES string of the molecule is COc1cccc(/C=C/C(=O)Nc2ccc3nc(C)sc3c2)c1OC(F)F. The largest absolute Gasteiger partial charge is 0.493 e. The summed E-state index contributed by atoms with van der Waals surface area (Å²) in [7, 11) is 1.35. The normalized spacial score (nSPS) is 11.3. The van der Waals surface area contributed by atoms with Crippen molar-refractivity contribution in [1.82, 2.24) is 4.98 Å². The summed E-state index contributed by atoms with van der Waals surface area (Å²) >= 11 is 1.53. The molecule has 0 bridgehead atoms. The summed E-state index contributed by atoms with van der Waals surface area (Å²) in [5.74, 6) is -0.370. The second kappa shape index (κ2) is 8.13. The fourth-order valence-corrected chi connectivity index (χ4v) is 3.37. The molecule has 1 heterocycles. The van der Waals surface area contributed by atoms with E-state index in [2.05, 4.69) is 15.0 Å². The van der Waals surface area contributed by atoms with E-state index in [0.29, 0.717) is 11.3 Å². The molecular weight excluding hydrogens is 374 g/mol. The zero-order valence-corrected chi connectivity index (χ0v) is 15.3. The average Bonchev–Trinajstić information content (AvgIpc) is 2.99. The molecule has 5 nitrogen and oxygen atoms in total. The molecule has 1 N–H and O–H groups in total. The lowest BCUT2D eigenvalue weighted by Crippen LogP contribution is -2.08. The van der Waals surface area contributed by atoms with Gasteiger partial charge in [0.2, 0.25) is 5.91 Å². The van der Waals surface area contributed by atoms with Crippen molar-refractivity contribution in [3.8, 4) is 11.5 Å². The first kappa shape index (κ1) is 18.8. The summed E-state index contributed by atoms with van der Waals surface area (Å²) in [6, 6.07) is 10.1. The average molecular weight is 390 g/mol. The lowest BCUT2D eigenvalue weighted by atomic mass is 10.1. The summed E-state index contributed by atoms with van der Waals surface area (Å²) in [5, 5.41) is 3.68. The molecule has 1 amide bonds. The number of amides is 1. The predicted octanol–water partition coefficient (Wildman–Crippen LogP) is 4.87. The monoisotopic (exact) mass is 390 g/mol. The Morgan fingerprint density at radius 2 is 2.11 bits per heavy atom. The number of nitrogens with zero attached hydrogens (tertiary/aromatic N) is 1. The molecule has 0 aliphatic rings. The van der Waals surface area contributed by atoms with E-state index in [9.17, 15) is 13.6 Å². The number of thiazole rings is 1. The van der Waals surface area contributed by atoms with Gasteiger partial charge in [-0.1, -0.05) is 12.1 Å². The molecule has 0 spiro atoms. The van der Waals surface area contributed by atoms with Crippen LogP contribution in [0.3, 0.4) is 0 Å². The molecule has 0 fully saturated rings. The quantitative estimate of drug-likeness (QED) is 0.610. The number of hydrogen-bond donors (Lipinski definition) is 1. The zero-order chi connectivity index (χ0) is 19.4. The van der Waals surface area contributed by atoms with E-state index in [-0.39, 0.29) is 11.5 Å². The Labute approximate surface area is 158 Å². The maximum atomic E-state index is 12.6. The Balaban J connectivity index is 1.77. The molecule has 0 unspecified atom stereocenters. The number of benzene rings is 2. The second-order valence-corrected chi connectivity index (χ2v) is 6.73. The van der Waals surface area contributed by atoms with Gasteiger partial charge in [0, 0.05) is 17.3 Å². The fourth-order valence-electron chi connectivity index (χ4n) is 2.51. The summed E-state index contributed by atoms with van der Waals surface area (Å²) in [6.45, 7) is -1.09. The van der Waals surface area contributed by atoms with Gasteiger partial charge < -0.3 is 14.8 Å². The maximum absolute atomic E-state index is 12.6. The number of halogens is 2. The van der Waals surface area contributed by atoms with Gasteiger partial charge in [-0.25, -0.2) is 4.98 Å². The van der Waals surface area contributed by atoms with Crippen molar-refractivity contribution in [2.75, 3.05) is 12.4 Å². The van der Waals surface area contributed by atoms with Crippen LogP contribution in [0.4, 0.5) is 14.5 Å². The molecule has 0 radical (unpaired) electrons. The van der Waals surface area contributed by atoms with Gasteiger partial charge in [-0.15, -0.1) is 11.3 Å². The summed E-state index contributed by atoms with van der Waals surface area (Å²) < 4.78 is 35.8. The van der Waals surface area contributed by atoms with Crippen molar-refractivity contribution in [3.05, 3.63) is 53.0 Å². The van der Waals surface area contributed by atoms with E-state index in [0.717, 1.165) is 15.2 Å². The summed E-state index contributed by atoms with van der Waals surface area (Å²) in [4.78, 5) is 16.5. The minimum Gasteiger partial charge on any atom is -0.493 e. The minimum absolute atomic E-state index is 0.124. The van der Waals surface area contributed by atoms with Crippen LogP contribution in [-0.2, 0) is 4.79 Å². The Bertz CT molecular complexity index is 1000. The third kappa shape index (κ3) is 4.59. The first-order chi connectivity index (χ1) is 13.0. The van der Waals surface area contributed by atoms with Crippen molar-refractivity contribution in [2.24, 2.45) is 0 Å². The second-order valence-electron chi connectivity index (χ2n) is 5.50. The van der Waals surface area contributed by atoms with Crippen LogP contribution >= 0.6 is 11.3 Å². The molecule has 3 rings (SSSR count). The van der Waals surface area contributed by atoms with Gasteiger partial charge in [-0.2, -0.15) is 8.78 Å². The van der Waals surface area contributed by atoms with E-state index in [1.807, 2.05) is 19.1 Å². The standard InChI is InChI=1S/C19H16F2N2O3S/c1-11-22-14-8-7-13(10-16(14)27-11)23-17(24)9-6-12-4-3-5-15(25-2)18(12)26-19(20)21/h3-10,19H,1-2H3,(H,23,24)/b9-6+. The smallest absolute Gasteiger partial charge is 0.387 e. The third-order valence-corrected chi connectivity index (χ3v) is 4.55. The van der Waals surface area contributed by atoms with Crippen molar-refractivity contribution >= 4 is 39.2 Å². The highest BCUT2D eigenvalue weighted by Gasteiger charge is 2.14. The Kier molecular flexibility index (Phi) is 5.66. The highest BCUT2D eigenvalue weighted by atomic mass is 32.1. The van der Waals surface area contributed by atoms with Gasteiger partial charge in [-0.05, 0) is 37.3 Å². The number of rotatable bonds is 6. The van der Waals surface area contributed by atoms with Crippen LogP contribution in [0.1, 0.15) is 10.6 Å². The molecule has 0 aliphatic heterocycles. The van der Waals surface area contributed by atoms with E-state index in [4.69, 9.17) is 4.74 Å². The van der Waals surface area contributed by atoms with Crippen LogP contribution in [-0.4, -0.2) is 24.6 Å². The van der Waals surface area contributed by atoms with Crippen LogP contribution in [0.25, 0.3) is 16.3 Å². The van der Waals surface area contributed by atoms with Crippen molar-refractivity contribution < 1.29 is 23.0 Å². The molecule has 0 atom stereocenters.